The average Bonchev–Trinajstić information content (AvgIpc) is 3.12. The highest BCUT2D eigenvalue weighted by molar-refractivity contribution is 8.14. The van der Waals surface area contributed by atoms with Gasteiger partial charge in [0.05, 0.1) is 18.9 Å². The Kier molecular flexibility index (Phi) is 13.3. The van der Waals surface area contributed by atoms with E-state index in [0.717, 1.165) is 22.9 Å². The summed E-state index contributed by atoms with van der Waals surface area (Å²) in [5, 5.41) is 12.2. The van der Waals surface area contributed by atoms with Crippen molar-refractivity contribution in [2.45, 2.75) is 19.4 Å². The van der Waals surface area contributed by atoms with Crippen LogP contribution in [0, 0.1) is 0 Å². The van der Waals surface area contributed by atoms with Gasteiger partial charge in [-0.15, -0.1) is 6.58 Å². The first-order valence-corrected chi connectivity index (χ1v) is 16.5. The van der Waals surface area contributed by atoms with Crippen LogP contribution in [0.5, 0.6) is 11.5 Å². The number of rotatable bonds is 15. The van der Waals surface area contributed by atoms with Gasteiger partial charge >= 0.3 is 5.97 Å². The SMILES string of the molecule is C=C/C=C\C(=C/C)N1C(=O)/C(=C/c2cc(CC=C)c(OCC(=O)O)c(OC)c2)C(=O)N=C1SCC(=O)NC(c1ccccc1)c1ccccc1. The lowest BCUT2D eigenvalue weighted by molar-refractivity contribution is -0.139. The van der Waals surface area contributed by atoms with Gasteiger partial charge in [-0.3, -0.25) is 19.3 Å². The van der Waals surface area contributed by atoms with E-state index in [0.29, 0.717) is 23.2 Å². The van der Waals surface area contributed by atoms with E-state index in [1.54, 1.807) is 43.4 Å². The number of carboxylic acids is 1. The second-order valence-corrected chi connectivity index (χ2v) is 11.6. The van der Waals surface area contributed by atoms with E-state index in [1.165, 1.54) is 24.2 Å². The number of carbonyl (C=O) groups is 4. The van der Waals surface area contributed by atoms with Gasteiger partial charge in [0.2, 0.25) is 5.91 Å². The van der Waals surface area contributed by atoms with E-state index in [1.807, 2.05) is 60.7 Å². The van der Waals surface area contributed by atoms with Crippen LogP contribution in [0.2, 0.25) is 0 Å². The molecule has 10 nitrogen and oxygen atoms in total. The predicted molar refractivity (Wildman–Crippen MR) is 196 cm³/mol. The molecule has 0 fully saturated rings. The Morgan fingerprint density at radius 3 is 2.26 bits per heavy atom. The molecule has 0 bridgehead atoms. The standard InChI is InChI=1S/C39H37N3O7S/c1-5-8-20-30(7-3)42-38(47)31(22-26-21-29(15-6-2)36(32(23-26)48-4)49-24-34(44)45)37(46)41-39(42)50-25-33(43)40-35(27-16-11-9-12-17-27)28-18-13-10-14-19-28/h5-14,16-23,35H,1-2,15,24-25H2,3-4H3,(H,40,43)(H,44,45)/b20-8-,30-7+,31-22+. The molecule has 3 amide bonds. The number of nitrogens with one attached hydrogen (secondary N) is 1. The maximum Gasteiger partial charge on any atom is 0.341 e. The summed E-state index contributed by atoms with van der Waals surface area (Å²) in [7, 11) is 1.40. The molecular weight excluding hydrogens is 655 g/mol. The Balaban J connectivity index is 1.67. The quantitative estimate of drug-likeness (QED) is 0.0824. The van der Waals surface area contributed by atoms with Crippen LogP contribution in [0.3, 0.4) is 0 Å². The number of nitrogens with zero attached hydrogens (tertiary/aromatic N) is 2. The Morgan fingerprint density at radius 1 is 1.04 bits per heavy atom. The first-order chi connectivity index (χ1) is 24.2. The first kappa shape index (κ1) is 36.9. The van der Waals surface area contributed by atoms with Crippen LogP contribution in [0.1, 0.15) is 35.2 Å². The van der Waals surface area contributed by atoms with E-state index in [-0.39, 0.29) is 33.9 Å². The molecule has 0 unspecified atom stereocenters. The number of carboxylic acid groups (broad SMARTS) is 1. The van der Waals surface area contributed by atoms with Gasteiger partial charge in [0.25, 0.3) is 11.8 Å². The van der Waals surface area contributed by atoms with Crippen molar-refractivity contribution in [2.75, 3.05) is 19.5 Å². The number of amides is 3. The van der Waals surface area contributed by atoms with Crippen LogP contribution < -0.4 is 14.8 Å². The molecule has 1 aliphatic rings. The van der Waals surface area contributed by atoms with Crippen molar-refractivity contribution < 1.29 is 33.8 Å². The Labute approximate surface area is 295 Å². The van der Waals surface area contributed by atoms with Gasteiger partial charge < -0.3 is 19.9 Å². The topological polar surface area (TPSA) is 135 Å². The fourth-order valence-corrected chi connectivity index (χ4v) is 5.89. The normalized spacial score (nSPS) is 14.1. The van der Waals surface area contributed by atoms with E-state index in [2.05, 4.69) is 23.5 Å². The third-order valence-corrected chi connectivity index (χ3v) is 8.24. The fourth-order valence-electron chi connectivity index (χ4n) is 5.08. The summed E-state index contributed by atoms with van der Waals surface area (Å²) in [5.74, 6) is -2.65. The molecule has 3 aromatic rings. The smallest absolute Gasteiger partial charge is 0.341 e. The number of ether oxygens (including phenoxy) is 2. The van der Waals surface area contributed by atoms with Crippen LogP contribution in [0.4, 0.5) is 0 Å². The zero-order chi connectivity index (χ0) is 36.0. The van der Waals surface area contributed by atoms with Gasteiger partial charge in [0, 0.05) is 11.3 Å². The zero-order valence-electron chi connectivity index (χ0n) is 27.7. The Bertz CT molecular complexity index is 1840. The Morgan fingerprint density at radius 2 is 1.70 bits per heavy atom. The highest BCUT2D eigenvalue weighted by Crippen LogP contribution is 2.35. The van der Waals surface area contributed by atoms with Crippen LogP contribution in [0.25, 0.3) is 6.08 Å². The lowest BCUT2D eigenvalue weighted by atomic mass is 9.99. The molecule has 0 spiro atoms. The number of thioether (sulfide) groups is 1. The summed E-state index contributed by atoms with van der Waals surface area (Å²) in [6, 6.07) is 21.9. The van der Waals surface area contributed by atoms with Gasteiger partial charge in [-0.2, -0.15) is 4.99 Å². The second-order valence-electron chi connectivity index (χ2n) is 10.7. The van der Waals surface area contributed by atoms with Gasteiger partial charge in [-0.05, 0) is 54.3 Å². The molecule has 0 saturated carbocycles. The minimum atomic E-state index is -1.16. The summed E-state index contributed by atoms with van der Waals surface area (Å²) >= 11 is 0.963. The molecule has 0 saturated heterocycles. The number of aliphatic carboxylic acids is 1. The predicted octanol–water partition coefficient (Wildman–Crippen LogP) is 6.28. The minimum Gasteiger partial charge on any atom is -0.493 e. The molecule has 1 heterocycles. The fraction of sp³-hybridized carbons (Fsp3) is 0.154. The van der Waals surface area contributed by atoms with Crippen molar-refractivity contribution in [2.24, 2.45) is 4.99 Å². The number of benzene rings is 3. The van der Waals surface area contributed by atoms with E-state index in [9.17, 15) is 19.2 Å². The second kappa shape index (κ2) is 18.0. The van der Waals surface area contributed by atoms with Crippen LogP contribution in [0.15, 0.2) is 133 Å². The van der Waals surface area contributed by atoms with E-state index < -0.39 is 30.4 Å². The van der Waals surface area contributed by atoms with Gasteiger partial charge in [0.1, 0.15) is 5.57 Å². The van der Waals surface area contributed by atoms with Crippen molar-refractivity contribution in [3.63, 3.8) is 0 Å². The average molecular weight is 692 g/mol. The number of amidine groups is 1. The largest absolute Gasteiger partial charge is 0.493 e. The van der Waals surface area contributed by atoms with Gasteiger partial charge in [0.15, 0.2) is 23.3 Å². The molecule has 50 heavy (non-hydrogen) atoms. The summed E-state index contributed by atoms with van der Waals surface area (Å²) in [5.41, 5.74) is 2.93. The lowest BCUT2D eigenvalue weighted by Crippen LogP contribution is -2.42. The summed E-state index contributed by atoms with van der Waals surface area (Å²) in [6.07, 6.45) is 9.81. The van der Waals surface area contributed by atoms with Crippen molar-refractivity contribution in [1.82, 2.24) is 10.2 Å². The van der Waals surface area contributed by atoms with E-state index >= 15 is 0 Å². The highest BCUT2D eigenvalue weighted by Gasteiger charge is 2.35. The van der Waals surface area contributed by atoms with Crippen LogP contribution in [-0.2, 0) is 25.6 Å². The third-order valence-electron chi connectivity index (χ3n) is 7.30. The zero-order valence-corrected chi connectivity index (χ0v) is 28.5. The van der Waals surface area contributed by atoms with Crippen molar-refractivity contribution in [1.29, 1.82) is 0 Å². The molecule has 11 heteroatoms. The van der Waals surface area contributed by atoms with Crippen molar-refractivity contribution >= 4 is 46.7 Å². The number of hydrogen-bond donors (Lipinski definition) is 2. The number of aliphatic imine (C=N–C) groups is 1. The molecular formula is C39H37N3O7S. The summed E-state index contributed by atoms with van der Waals surface area (Å²) < 4.78 is 10.9. The molecule has 256 valence electrons. The third kappa shape index (κ3) is 9.36. The number of carbonyl (C=O) groups excluding carboxylic acids is 3. The summed E-state index contributed by atoms with van der Waals surface area (Å²) in [4.78, 5) is 57.7. The van der Waals surface area contributed by atoms with E-state index in [4.69, 9.17) is 14.6 Å². The number of allylic oxidation sites excluding steroid dienone is 5. The van der Waals surface area contributed by atoms with Crippen LogP contribution >= 0.6 is 11.8 Å². The minimum absolute atomic E-state index is 0.0347. The number of methoxy groups -OCH3 is 1. The molecule has 4 rings (SSSR count). The van der Waals surface area contributed by atoms with Gasteiger partial charge in [-0.1, -0.05) is 103 Å². The molecule has 2 N–H and O–H groups in total. The maximum atomic E-state index is 14.1. The molecule has 0 aromatic heterocycles. The maximum absolute atomic E-state index is 14.1. The van der Waals surface area contributed by atoms with Crippen molar-refractivity contribution in [3.05, 3.63) is 150 Å². The molecule has 3 aromatic carbocycles. The van der Waals surface area contributed by atoms with Gasteiger partial charge in [-0.25, -0.2) is 4.79 Å². The Hall–Kier alpha value is -5.94. The molecule has 0 aliphatic carbocycles. The number of hydrogen-bond acceptors (Lipinski definition) is 7. The monoisotopic (exact) mass is 691 g/mol. The summed E-state index contributed by atoms with van der Waals surface area (Å²) in [6.45, 7) is 8.60. The van der Waals surface area contributed by atoms with Crippen molar-refractivity contribution in [3.8, 4) is 11.5 Å². The first-order valence-electron chi connectivity index (χ1n) is 15.5. The lowest BCUT2D eigenvalue weighted by Gasteiger charge is -2.28. The highest BCUT2D eigenvalue weighted by atomic mass is 32.2. The molecule has 1 aliphatic heterocycles. The molecule has 0 atom stereocenters. The van der Waals surface area contributed by atoms with Crippen LogP contribution in [-0.4, -0.2) is 58.3 Å². The molecule has 0 radical (unpaired) electrons.